The Kier molecular flexibility index (Phi) is 5.32. The van der Waals surface area contributed by atoms with E-state index in [1.165, 1.54) is 6.92 Å². The standard InChI is InChI=1S/C14H24N2O3S/c1-9(17)15-13(3-4-20-2)14(19)16-7-10-5-12(18)6-11(10)8-16/h10-13,18H,3-8H2,1-2H3,(H,15,17). The van der Waals surface area contributed by atoms with Crippen molar-refractivity contribution in [2.75, 3.05) is 25.1 Å². The molecule has 5 nitrogen and oxygen atoms in total. The summed E-state index contributed by atoms with van der Waals surface area (Å²) in [6, 6.07) is -0.399. The van der Waals surface area contributed by atoms with Crippen molar-refractivity contribution in [3.63, 3.8) is 0 Å². The molecule has 2 N–H and O–H groups in total. The van der Waals surface area contributed by atoms with Gasteiger partial charge in [-0.25, -0.2) is 0 Å². The van der Waals surface area contributed by atoms with Crippen LogP contribution in [0.3, 0.4) is 0 Å². The summed E-state index contributed by atoms with van der Waals surface area (Å²) in [6.45, 7) is 2.92. The highest BCUT2D eigenvalue weighted by Gasteiger charge is 2.42. The summed E-state index contributed by atoms with van der Waals surface area (Å²) >= 11 is 1.68. The Morgan fingerprint density at radius 2 is 1.95 bits per heavy atom. The van der Waals surface area contributed by atoms with Crippen molar-refractivity contribution in [1.82, 2.24) is 10.2 Å². The summed E-state index contributed by atoms with van der Waals surface area (Å²) in [5.74, 6) is 1.62. The second-order valence-corrected chi connectivity index (χ2v) is 6.91. The van der Waals surface area contributed by atoms with Gasteiger partial charge in [0.05, 0.1) is 6.10 Å². The van der Waals surface area contributed by atoms with Crippen LogP contribution in [0.15, 0.2) is 0 Å². The van der Waals surface area contributed by atoms with Gasteiger partial charge in [0.15, 0.2) is 0 Å². The molecule has 0 bridgehead atoms. The third-order valence-corrected chi connectivity index (χ3v) is 4.97. The van der Waals surface area contributed by atoms with Crippen LogP contribution in [0.4, 0.5) is 0 Å². The van der Waals surface area contributed by atoms with Crippen molar-refractivity contribution in [1.29, 1.82) is 0 Å². The van der Waals surface area contributed by atoms with Gasteiger partial charge in [0.25, 0.3) is 0 Å². The molecule has 1 aliphatic carbocycles. The number of fused-ring (bicyclic) bond motifs is 1. The Labute approximate surface area is 124 Å². The Hall–Kier alpha value is -0.750. The zero-order valence-corrected chi connectivity index (χ0v) is 13.0. The number of amides is 2. The molecule has 2 rings (SSSR count). The Morgan fingerprint density at radius 3 is 2.45 bits per heavy atom. The van der Waals surface area contributed by atoms with Crippen LogP contribution in [0.5, 0.6) is 0 Å². The van der Waals surface area contributed by atoms with Gasteiger partial charge in [-0.05, 0) is 43.1 Å². The number of aliphatic hydroxyl groups is 1. The summed E-state index contributed by atoms with van der Waals surface area (Å²) in [6.07, 6.45) is 4.10. The van der Waals surface area contributed by atoms with Gasteiger partial charge in [0.2, 0.25) is 11.8 Å². The minimum atomic E-state index is -0.399. The lowest BCUT2D eigenvalue weighted by atomic mass is 10.0. The van der Waals surface area contributed by atoms with E-state index in [9.17, 15) is 14.7 Å². The van der Waals surface area contributed by atoms with Crippen LogP contribution in [0.2, 0.25) is 0 Å². The van der Waals surface area contributed by atoms with Crippen LogP contribution in [-0.4, -0.2) is 59.1 Å². The van der Waals surface area contributed by atoms with E-state index >= 15 is 0 Å². The Morgan fingerprint density at radius 1 is 1.35 bits per heavy atom. The van der Waals surface area contributed by atoms with E-state index in [1.807, 2.05) is 11.2 Å². The number of likely N-dealkylation sites (tertiary alicyclic amines) is 1. The Balaban J connectivity index is 1.92. The second kappa shape index (κ2) is 6.80. The lowest BCUT2D eigenvalue weighted by molar-refractivity contribution is -0.135. The van der Waals surface area contributed by atoms with E-state index < -0.39 is 6.04 Å². The fraction of sp³-hybridized carbons (Fsp3) is 0.857. The molecule has 6 heteroatoms. The zero-order valence-electron chi connectivity index (χ0n) is 12.2. The Bertz CT molecular complexity index is 363. The summed E-state index contributed by atoms with van der Waals surface area (Å²) in [7, 11) is 0. The number of nitrogens with one attached hydrogen (secondary N) is 1. The normalized spacial score (nSPS) is 30.1. The highest BCUT2D eigenvalue weighted by molar-refractivity contribution is 7.98. The van der Waals surface area contributed by atoms with Crippen molar-refractivity contribution < 1.29 is 14.7 Å². The topological polar surface area (TPSA) is 69.6 Å². The average Bonchev–Trinajstić information content (AvgIpc) is 2.90. The maximum Gasteiger partial charge on any atom is 0.245 e. The number of nitrogens with zero attached hydrogens (tertiary/aromatic N) is 1. The lowest BCUT2D eigenvalue weighted by Crippen LogP contribution is -2.48. The predicted molar refractivity (Wildman–Crippen MR) is 79.4 cm³/mol. The maximum atomic E-state index is 12.5. The number of thioether (sulfide) groups is 1. The number of carbonyl (C=O) groups is 2. The number of hydrogen-bond acceptors (Lipinski definition) is 4. The highest BCUT2D eigenvalue weighted by Crippen LogP contribution is 2.38. The molecule has 1 aliphatic heterocycles. The minimum absolute atomic E-state index is 0.0399. The number of aliphatic hydroxyl groups excluding tert-OH is 1. The molecule has 1 saturated carbocycles. The molecule has 2 fully saturated rings. The molecule has 1 saturated heterocycles. The minimum Gasteiger partial charge on any atom is -0.393 e. The molecule has 2 amide bonds. The number of rotatable bonds is 5. The van der Waals surface area contributed by atoms with Crippen molar-refractivity contribution >= 4 is 23.6 Å². The summed E-state index contributed by atoms with van der Waals surface area (Å²) in [5, 5.41) is 12.4. The monoisotopic (exact) mass is 300 g/mol. The van der Waals surface area contributed by atoms with Crippen LogP contribution in [-0.2, 0) is 9.59 Å². The smallest absolute Gasteiger partial charge is 0.245 e. The molecule has 0 spiro atoms. The molecule has 3 unspecified atom stereocenters. The third-order valence-electron chi connectivity index (χ3n) is 4.32. The van der Waals surface area contributed by atoms with Gasteiger partial charge in [-0.3, -0.25) is 9.59 Å². The van der Waals surface area contributed by atoms with Crippen LogP contribution in [0.1, 0.15) is 26.2 Å². The summed E-state index contributed by atoms with van der Waals surface area (Å²) in [4.78, 5) is 25.7. The maximum absolute atomic E-state index is 12.5. The van der Waals surface area contributed by atoms with Gasteiger partial charge in [-0.2, -0.15) is 11.8 Å². The number of carbonyl (C=O) groups excluding carboxylic acids is 2. The van der Waals surface area contributed by atoms with Crippen molar-refractivity contribution in [2.24, 2.45) is 11.8 Å². The van der Waals surface area contributed by atoms with Crippen molar-refractivity contribution in [3.8, 4) is 0 Å². The molecular weight excluding hydrogens is 276 g/mol. The van der Waals surface area contributed by atoms with Gasteiger partial charge < -0.3 is 15.3 Å². The van der Waals surface area contributed by atoms with Crippen LogP contribution in [0, 0.1) is 11.8 Å². The highest BCUT2D eigenvalue weighted by atomic mass is 32.2. The first kappa shape index (κ1) is 15.6. The van der Waals surface area contributed by atoms with Crippen LogP contribution < -0.4 is 5.32 Å². The zero-order chi connectivity index (χ0) is 14.7. The molecule has 0 aromatic heterocycles. The van der Waals surface area contributed by atoms with E-state index in [4.69, 9.17) is 0 Å². The fourth-order valence-corrected chi connectivity index (χ4v) is 3.88. The second-order valence-electron chi connectivity index (χ2n) is 5.92. The van der Waals surface area contributed by atoms with Gasteiger partial charge in [0, 0.05) is 20.0 Å². The summed E-state index contributed by atoms with van der Waals surface area (Å²) < 4.78 is 0. The van der Waals surface area contributed by atoms with Crippen LogP contribution >= 0.6 is 11.8 Å². The van der Waals surface area contributed by atoms with Crippen LogP contribution in [0.25, 0.3) is 0 Å². The fourth-order valence-electron chi connectivity index (χ4n) is 3.41. The molecule has 0 aromatic carbocycles. The van der Waals surface area contributed by atoms with Crippen molar-refractivity contribution in [2.45, 2.75) is 38.3 Å². The number of hydrogen-bond donors (Lipinski definition) is 2. The molecule has 3 atom stereocenters. The van der Waals surface area contributed by atoms with Crippen molar-refractivity contribution in [3.05, 3.63) is 0 Å². The summed E-state index contributed by atoms with van der Waals surface area (Å²) in [5.41, 5.74) is 0. The molecular formula is C14H24N2O3S. The van der Waals surface area contributed by atoms with E-state index in [0.29, 0.717) is 18.3 Å². The predicted octanol–water partition coefficient (Wildman–Crippen LogP) is 0.473. The molecule has 20 heavy (non-hydrogen) atoms. The first-order chi connectivity index (χ1) is 9.51. The van der Waals surface area contributed by atoms with Gasteiger partial charge in [-0.1, -0.05) is 0 Å². The first-order valence-electron chi connectivity index (χ1n) is 7.24. The third kappa shape index (κ3) is 3.67. The van der Waals surface area contributed by atoms with Gasteiger partial charge in [-0.15, -0.1) is 0 Å². The average molecular weight is 300 g/mol. The van der Waals surface area contributed by atoms with Gasteiger partial charge in [0.1, 0.15) is 6.04 Å². The molecule has 2 aliphatic rings. The largest absolute Gasteiger partial charge is 0.393 e. The lowest BCUT2D eigenvalue weighted by Gasteiger charge is -2.24. The molecule has 114 valence electrons. The molecule has 0 radical (unpaired) electrons. The van der Waals surface area contributed by atoms with Gasteiger partial charge >= 0.3 is 0 Å². The molecule has 1 heterocycles. The first-order valence-corrected chi connectivity index (χ1v) is 8.63. The van der Waals surface area contributed by atoms with E-state index in [1.54, 1.807) is 11.8 Å². The molecule has 0 aromatic rings. The van der Waals surface area contributed by atoms with E-state index in [2.05, 4.69) is 5.32 Å². The quantitative estimate of drug-likeness (QED) is 0.774. The van der Waals surface area contributed by atoms with E-state index in [0.717, 1.165) is 31.7 Å². The SMILES string of the molecule is CSCCC(NC(C)=O)C(=O)N1CC2CC(O)CC2C1. The van der Waals surface area contributed by atoms with E-state index in [-0.39, 0.29) is 17.9 Å².